The van der Waals surface area contributed by atoms with Gasteiger partial charge in [0.1, 0.15) is 0 Å². The van der Waals surface area contributed by atoms with Gasteiger partial charge in [-0.05, 0) is 55.8 Å². The molecule has 0 aliphatic heterocycles. The van der Waals surface area contributed by atoms with Gasteiger partial charge in [0.15, 0.2) is 11.5 Å². The Hall–Kier alpha value is -3.18. The van der Waals surface area contributed by atoms with Crippen LogP contribution in [-0.4, -0.2) is 22.5 Å². The standard InChI is InChI=1S/C23H19NO3S/c1-15-5-3-4-6-21(15)22(24-27)23(26)18-9-13-20(14-10-18)28-19-11-7-17(8-12-19)16(2)25/h3-14,27H,1-2H3. The van der Waals surface area contributed by atoms with Crippen molar-refractivity contribution >= 4 is 29.0 Å². The molecule has 1 N–H and O–H groups in total. The Balaban J connectivity index is 1.77. The monoisotopic (exact) mass is 389 g/mol. The summed E-state index contributed by atoms with van der Waals surface area (Å²) in [5, 5.41) is 12.6. The van der Waals surface area contributed by atoms with Gasteiger partial charge < -0.3 is 5.21 Å². The van der Waals surface area contributed by atoms with Crippen LogP contribution >= 0.6 is 11.8 Å². The predicted octanol–water partition coefficient (Wildman–Crippen LogP) is 5.41. The van der Waals surface area contributed by atoms with E-state index in [1.54, 1.807) is 43.3 Å². The first kappa shape index (κ1) is 19.6. The van der Waals surface area contributed by atoms with E-state index in [0.717, 1.165) is 15.4 Å². The number of hydrogen-bond acceptors (Lipinski definition) is 5. The first-order valence-corrected chi connectivity index (χ1v) is 9.53. The van der Waals surface area contributed by atoms with Crippen LogP contribution in [0.1, 0.15) is 38.8 Å². The molecule has 0 heterocycles. The number of Topliss-reactive ketones (excluding diaryl/α,β-unsaturated/α-hetero) is 2. The molecule has 0 aromatic heterocycles. The van der Waals surface area contributed by atoms with Crippen molar-refractivity contribution in [3.05, 3.63) is 95.1 Å². The maximum Gasteiger partial charge on any atom is 0.215 e. The molecule has 0 spiro atoms. The van der Waals surface area contributed by atoms with Crippen molar-refractivity contribution in [2.45, 2.75) is 23.6 Å². The quantitative estimate of drug-likeness (QED) is 0.265. The first-order valence-electron chi connectivity index (χ1n) is 8.71. The molecule has 28 heavy (non-hydrogen) atoms. The summed E-state index contributed by atoms with van der Waals surface area (Å²) < 4.78 is 0. The van der Waals surface area contributed by atoms with Crippen LogP contribution in [0, 0.1) is 6.92 Å². The summed E-state index contributed by atoms with van der Waals surface area (Å²) in [6, 6.07) is 21.8. The number of carbonyl (C=O) groups is 2. The van der Waals surface area contributed by atoms with Crippen molar-refractivity contribution in [2.75, 3.05) is 0 Å². The zero-order valence-corrected chi connectivity index (χ0v) is 16.4. The Kier molecular flexibility index (Phi) is 6.06. The van der Waals surface area contributed by atoms with E-state index in [2.05, 4.69) is 5.16 Å². The largest absolute Gasteiger partial charge is 0.410 e. The van der Waals surface area contributed by atoms with E-state index < -0.39 is 0 Å². The molecule has 0 unspecified atom stereocenters. The number of rotatable bonds is 6. The highest BCUT2D eigenvalue weighted by Crippen LogP contribution is 2.28. The molecule has 3 rings (SSSR count). The minimum atomic E-state index is -0.334. The van der Waals surface area contributed by atoms with E-state index in [1.807, 2.05) is 43.3 Å². The van der Waals surface area contributed by atoms with Crippen LogP contribution in [0.3, 0.4) is 0 Å². The maximum atomic E-state index is 12.8. The van der Waals surface area contributed by atoms with Crippen molar-refractivity contribution in [1.82, 2.24) is 0 Å². The van der Waals surface area contributed by atoms with Gasteiger partial charge >= 0.3 is 0 Å². The van der Waals surface area contributed by atoms with Gasteiger partial charge in [0, 0.05) is 26.5 Å². The Morgan fingerprint density at radius 1 is 0.821 bits per heavy atom. The van der Waals surface area contributed by atoms with Gasteiger partial charge in [0.05, 0.1) is 0 Å². The number of ketones is 2. The van der Waals surface area contributed by atoms with Gasteiger partial charge in [-0.2, -0.15) is 0 Å². The molecule has 0 fully saturated rings. The van der Waals surface area contributed by atoms with Gasteiger partial charge in [-0.15, -0.1) is 0 Å². The minimum Gasteiger partial charge on any atom is -0.410 e. The molecule has 0 bridgehead atoms. The fraction of sp³-hybridized carbons (Fsp3) is 0.0870. The number of hydrogen-bond donors (Lipinski definition) is 1. The summed E-state index contributed by atoms with van der Waals surface area (Å²) in [7, 11) is 0. The van der Waals surface area contributed by atoms with E-state index >= 15 is 0 Å². The van der Waals surface area contributed by atoms with Gasteiger partial charge in [-0.3, -0.25) is 9.59 Å². The normalized spacial score (nSPS) is 11.3. The molecular formula is C23H19NO3S. The Bertz CT molecular complexity index is 1040. The zero-order valence-electron chi connectivity index (χ0n) is 15.5. The van der Waals surface area contributed by atoms with Crippen LogP contribution < -0.4 is 0 Å². The summed E-state index contributed by atoms with van der Waals surface area (Å²) in [6.07, 6.45) is 0. The second kappa shape index (κ2) is 8.67. The molecule has 0 saturated heterocycles. The number of oxime groups is 1. The van der Waals surface area contributed by atoms with Gasteiger partial charge in [0.2, 0.25) is 5.78 Å². The zero-order chi connectivity index (χ0) is 20.1. The van der Waals surface area contributed by atoms with Crippen LogP contribution in [0.15, 0.2) is 87.7 Å². The lowest BCUT2D eigenvalue weighted by Crippen LogP contribution is -2.17. The molecule has 0 atom stereocenters. The molecule has 140 valence electrons. The fourth-order valence-electron chi connectivity index (χ4n) is 2.77. The van der Waals surface area contributed by atoms with Gasteiger partial charge in [-0.1, -0.05) is 53.3 Å². The lowest BCUT2D eigenvalue weighted by atomic mass is 9.97. The molecule has 3 aromatic rings. The maximum absolute atomic E-state index is 12.8. The van der Waals surface area contributed by atoms with Crippen molar-refractivity contribution in [2.24, 2.45) is 5.16 Å². The van der Waals surface area contributed by atoms with Crippen molar-refractivity contribution < 1.29 is 14.8 Å². The number of nitrogens with zero attached hydrogens (tertiary/aromatic N) is 1. The topological polar surface area (TPSA) is 66.7 Å². The van der Waals surface area contributed by atoms with E-state index in [0.29, 0.717) is 16.7 Å². The molecule has 0 saturated carbocycles. The van der Waals surface area contributed by atoms with E-state index in [1.165, 1.54) is 11.8 Å². The van der Waals surface area contributed by atoms with E-state index in [4.69, 9.17) is 0 Å². The van der Waals surface area contributed by atoms with Crippen molar-refractivity contribution in [3.8, 4) is 0 Å². The van der Waals surface area contributed by atoms with Crippen LogP contribution in [0.25, 0.3) is 0 Å². The minimum absolute atomic E-state index is 0.0262. The first-order chi connectivity index (χ1) is 13.5. The molecule has 0 radical (unpaired) electrons. The van der Waals surface area contributed by atoms with Gasteiger partial charge in [0.25, 0.3) is 0 Å². The third-order valence-electron chi connectivity index (χ3n) is 4.33. The van der Waals surface area contributed by atoms with E-state index in [9.17, 15) is 14.8 Å². The lowest BCUT2D eigenvalue weighted by Gasteiger charge is -2.08. The second-order valence-corrected chi connectivity index (χ2v) is 7.45. The van der Waals surface area contributed by atoms with Crippen LogP contribution in [-0.2, 0) is 0 Å². The predicted molar refractivity (Wildman–Crippen MR) is 111 cm³/mol. The number of aryl methyl sites for hydroxylation is 1. The Morgan fingerprint density at radius 2 is 1.36 bits per heavy atom. The molecule has 0 aliphatic rings. The molecule has 5 heteroatoms. The second-order valence-electron chi connectivity index (χ2n) is 6.30. The van der Waals surface area contributed by atoms with Gasteiger partial charge in [-0.25, -0.2) is 0 Å². The lowest BCUT2D eigenvalue weighted by molar-refractivity contribution is 0.101. The smallest absolute Gasteiger partial charge is 0.215 e. The average molecular weight is 389 g/mol. The summed E-state index contributed by atoms with van der Waals surface area (Å²) in [5.41, 5.74) is 2.63. The summed E-state index contributed by atoms with van der Waals surface area (Å²) in [4.78, 5) is 26.1. The molecule has 4 nitrogen and oxygen atoms in total. The summed E-state index contributed by atoms with van der Waals surface area (Å²) >= 11 is 1.54. The third-order valence-corrected chi connectivity index (χ3v) is 5.34. The van der Waals surface area contributed by atoms with Crippen molar-refractivity contribution in [1.29, 1.82) is 0 Å². The third kappa shape index (κ3) is 4.38. The fourth-order valence-corrected chi connectivity index (χ4v) is 3.58. The Morgan fingerprint density at radius 3 is 1.86 bits per heavy atom. The summed E-state index contributed by atoms with van der Waals surface area (Å²) in [6.45, 7) is 3.41. The number of carbonyl (C=O) groups excluding carboxylic acids is 2. The molecule has 3 aromatic carbocycles. The highest BCUT2D eigenvalue weighted by Gasteiger charge is 2.18. The average Bonchev–Trinajstić information content (AvgIpc) is 2.71. The van der Waals surface area contributed by atoms with Crippen molar-refractivity contribution in [3.63, 3.8) is 0 Å². The SMILES string of the molecule is CC(=O)c1ccc(Sc2ccc(C(=O)C(=NO)c3ccccc3C)cc2)cc1. The highest BCUT2D eigenvalue weighted by atomic mass is 32.2. The van der Waals surface area contributed by atoms with Crippen LogP contribution in [0.5, 0.6) is 0 Å². The Labute approximate surface area is 167 Å². The molecule has 0 aliphatic carbocycles. The van der Waals surface area contributed by atoms with Crippen LogP contribution in [0.4, 0.5) is 0 Å². The molecule has 0 amide bonds. The summed E-state index contributed by atoms with van der Waals surface area (Å²) in [5.74, 6) is -0.298. The van der Waals surface area contributed by atoms with Crippen LogP contribution in [0.2, 0.25) is 0 Å². The molecular weight excluding hydrogens is 370 g/mol. The van der Waals surface area contributed by atoms with E-state index in [-0.39, 0.29) is 17.3 Å². The number of benzene rings is 3. The highest BCUT2D eigenvalue weighted by molar-refractivity contribution is 7.99.